The first kappa shape index (κ1) is 15.6. The van der Waals surface area contributed by atoms with Crippen molar-refractivity contribution in [2.75, 3.05) is 0 Å². The Morgan fingerprint density at radius 2 is 1.63 bits per heavy atom. The van der Waals surface area contributed by atoms with Gasteiger partial charge in [-0.2, -0.15) is 0 Å². The number of aliphatic hydroxyl groups is 1. The molecule has 0 heterocycles. The van der Waals surface area contributed by atoms with E-state index in [1.54, 1.807) is 20.8 Å². The van der Waals surface area contributed by atoms with E-state index >= 15 is 0 Å². The van der Waals surface area contributed by atoms with Gasteiger partial charge in [0.25, 0.3) is 0 Å². The van der Waals surface area contributed by atoms with Crippen LogP contribution in [0.2, 0.25) is 0 Å². The van der Waals surface area contributed by atoms with Crippen LogP contribution in [0.15, 0.2) is 11.3 Å². The molecule has 1 aliphatic rings. The van der Waals surface area contributed by atoms with Crippen LogP contribution < -0.4 is 0 Å². The number of rotatable bonds is 3. The number of hydrogen-bond donors (Lipinski definition) is 1. The number of carbonyl (C=O) groups is 3. The Balaban J connectivity index is 3.52. The minimum absolute atomic E-state index is 0.191. The summed E-state index contributed by atoms with van der Waals surface area (Å²) in [7, 11) is 0. The highest BCUT2D eigenvalue weighted by Gasteiger charge is 2.54. The van der Waals surface area contributed by atoms with Crippen LogP contribution in [-0.4, -0.2) is 22.5 Å². The number of Topliss-reactive ketones (excluding diaryl/α,β-unsaturated/α-hetero) is 3. The van der Waals surface area contributed by atoms with E-state index < -0.39 is 16.6 Å². The van der Waals surface area contributed by atoms with E-state index in [2.05, 4.69) is 0 Å². The van der Waals surface area contributed by atoms with Gasteiger partial charge in [0.15, 0.2) is 17.3 Å². The van der Waals surface area contributed by atoms with Gasteiger partial charge in [-0.25, -0.2) is 0 Å². The van der Waals surface area contributed by atoms with Crippen molar-refractivity contribution in [2.24, 2.45) is 16.7 Å². The van der Waals surface area contributed by atoms with E-state index in [0.717, 1.165) is 0 Å². The molecule has 0 aliphatic heterocycles. The molecule has 19 heavy (non-hydrogen) atoms. The monoisotopic (exact) mass is 266 g/mol. The summed E-state index contributed by atoms with van der Waals surface area (Å²) in [6.07, 6.45) is 0.581. The molecule has 0 amide bonds. The first-order valence-corrected chi connectivity index (χ1v) is 6.57. The SMILES string of the molecule is CC[C@@H](C)C(=O)C1=C(O)C(C)(C)C(=O)C(C)(C)C1=O. The number of hydrogen-bond acceptors (Lipinski definition) is 4. The summed E-state index contributed by atoms with van der Waals surface area (Å²) in [4.78, 5) is 36.9. The zero-order chi connectivity index (χ0) is 15.2. The summed E-state index contributed by atoms with van der Waals surface area (Å²) >= 11 is 0. The van der Waals surface area contributed by atoms with Crippen molar-refractivity contribution in [2.45, 2.75) is 48.0 Å². The predicted octanol–water partition coefficient (Wildman–Crippen LogP) is 2.62. The lowest BCUT2D eigenvalue weighted by molar-refractivity contribution is -0.145. The van der Waals surface area contributed by atoms with Gasteiger partial charge >= 0.3 is 0 Å². The molecule has 0 saturated carbocycles. The average molecular weight is 266 g/mol. The van der Waals surface area contributed by atoms with Gasteiger partial charge < -0.3 is 5.11 Å². The van der Waals surface area contributed by atoms with Crippen molar-refractivity contribution in [1.82, 2.24) is 0 Å². The van der Waals surface area contributed by atoms with Crippen LogP contribution in [0.1, 0.15) is 48.0 Å². The lowest BCUT2D eigenvalue weighted by atomic mass is 9.62. The van der Waals surface area contributed by atoms with E-state index in [4.69, 9.17) is 0 Å². The van der Waals surface area contributed by atoms with E-state index in [0.29, 0.717) is 6.42 Å². The van der Waals surface area contributed by atoms with Gasteiger partial charge in [0, 0.05) is 5.92 Å². The predicted molar refractivity (Wildman–Crippen MR) is 71.7 cm³/mol. The van der Waals surface area contributed by atoms with Crippen molar-refractivity contribution in [3.8, 4) is 0 Å². The summed E-state index contributed by atoms with van der Waals surface area (Å²) in [5.41, 5.74) is -2.66. The summed E-state index contributed by atoms with van der Waals surface area (Å²) in [5, 5.41) is 10.2. The average Bonchev–Trinajstić information content (AvgIpc) is 2.34. The molecule has 0 radical (unpaired) electrons. The maximum atomic E-state index is 12.4. The van der Waals surface area contributed by atoms with Crippen molar-refractivity contribution in [1.29, 1.82) is 0 Å². The molecule has 1 aliphatic carbocycles. The number of carbonyl (C=O) groups excluding carboxylic acids is 3. The van der Waals surface area contributed by atoms with Gasteiger partial charge in [0.05, 0.1) is 10.8 Å². The third kappa shape index (κ3) is 2.13. The Bertz CT molecular complexity index is 480. The number of allylic oxidation sites excluding steroid dienone is 2. The van der Waals surface area contributed by atoms with Gasteiger partial charge in [-0.15, -0.1) is 0 Å². The van der Waals surface area contributed by atoms with Crippen LogP contribution in [0.5, 0.6) is 0 Å². The fourth-order valence-corrected chi connectivity index (χ4v) is 2.38. The number of ketones is 3. The fourth-order valence-electron chi connectivity index (χ4n) is 2.38. The summed E-state index contributed by atoms with van der Waals surface area (Å²) in [5.74, 6) is -2.03. The fraction of sp³-hybridized carbons (Fsp3) is 0.667. The lowest BCUT2D eigenvalue weighted by Gasteiger charge is -2.38. The molecule has 0 aromatic heterocycles. The molecule has 4 heteroatoms. The Morgan fingerprint density at radius 3 is 2.05 bits per heavy atom. The summed E-state index contributed by atoms with van der Waals surface area (Å²) in [6, 6.07) is 0. The highest BCUT2D eigenvalue weighted by atomic mass is 16.3. The zero-order valence-electron chi connectivity index (χ0n) is 12.5. The number of aliphatic hydroxyl groups excluding tert-OH is 1. The van der Waals surface area contributed by atoms with Gasteiger partial charge in [0.2, 0.25) is 0 Å². The molecule has 0 fully saturated rings. The van der Waals surface area contributed by atoms with Crippen LogP contribution in [0.25, 0.3) is 0 Å². The standard InChI is InChI=1S/C15H22O4/c1-7-8(2)10(16)9-11(17)14(3,4)13(19)15(5,6)12(9)18/h8,17H,7H2,1-6H3/t8-/m1/s1. The maximum Gasteiger partial charge on any atom is 0.182 e. The molecule has 4 nitrogen and oxygen atoms in total. The van der Waals surface area contributed by atoms with Crippen LogP contribution in [-0.2, 0) is 14.4 Å². The third-order valence-corrected chi connectivity index (χ3v) is 4.07. The lowest BCUT2D eigenvalue weighted by Crippen LogP contribution is -2.50. The Hall–Kier alpha value is -1.45. The Kier molecular flexibility index (Phi) is 3.76. The second-order valence-corrected chi connectivity index (χ2v) is 6.31. The zero-order valence-corrected chi connectivity index (χ0v) is 12.5. The van der Waals surface area contributed by atoms with Crippen molar-refractivity contribution >= 4 is 17.3 Å². The van der Waals surface area contributed by atoms with E-state index in [1.165, 1.54) is 13.8 Å². The summed E-state index contributed by atoms with van der Waals surface area (Å²) < 4.78 is 0. The van der Waals surface area contributed by atoms with Gasteiger partial charge in [-0.1, -0.05) is 13.8 Å². The van der Waals surface area contributed by atoms with Gasteiger partial charge in [-0.05, 0) is 34.1 Å². The van der Waals surface area contributed by atoms with Crippen LogP contribution in [0, 0.1) is 16.7 Å². The summed E-state index contributed by atoms with van der Waals surface area (Å²) in [6.45, 7) is 9.66. The smallest absolute Gasteiger partial charge is 0.182 e. The molecule has 0 bridgehead atoms. The highest BCUT2D eigenvalue weighted by molar-refractivity contribution is 6.30. The molecule has 1 N–H and O–H groups in total. The van der Waals surface area contributed by atoms with E-state index in [9.17, 15) is 19.5 Å². The second-order valence-electron chi connectivity index (χ2n) is 6.31. The second kappa shape index (κ2) is 4.58. The highest BCUT2D eigenvalue weighted by Crippen LogP contribution is 2.43. The molecule has 0 aromatic carbocycles. The van der Waals surface area contributed by atoms with Crippen LogP contribution >= 0.6 is 0 Å². The molecule has 0 unspecified atom stereocenters. The van der Waals surface area contributed by atoms with Crippen molar-refractivity contribution in [3.05, 3.63) is 11.3 Å². The van der Waals surface area contributed by atoms with E-state index in [-0.39, 0.29) is 28.8 Å². The topological polar surface area (TPSA) is 71.4 Å². The quantitative estimate of drug-likeness (QED) is 0.629. The van der Waals surface area contributed by atoms with Crippen LogP contribution in [0.4, 0.5) is 0 Å². The largest absolute Gasteiger partial charge is 0.510 e. The normalized spacial score (nSPS) is 23.5. The minimum atomic E-state index is -1.27. The molecule has 1 rings (SSSR count). The van der Waals surface area contributed by atoms with Gasteiger partial charge in [0.1, 0.15) is 11.3 Å². The van der Waals surface area contributed by atoms with Crippen molar-refractivity contribution < 1.29 is 19.5 Å². The Labute approximate surface area is 113 Å². The molecule has 106 valence electrons. The molecule has 0 spiro atoms. The molecule has 1 atom stereocenters. The third-order valence-electron chi connectivity index (χ3n) is 4.07. The van der Waals surface area contributed by atoms with E-state index in [1.807, 2.05) is 6.92 Å². The molecule has 0 saturated heterocycles. The Morgan fingerprint density at radius 1 is 1.16 bits per heavy atom. The minimum Gasteiger partial charge on any atom is -0.510 e. The van der Waals surface area contributed by atoms with Gasteiger partial charge in [-0.3, -0.25) is 14.4 Å². The molecule has 0 aromatic rings. The first-order chi connectivity index (χ1) is 8.49. The van der Waals surface area contributed by atoms with Crippen LogP contribution in [0.3, 0.4) is 0 Å². The molecular weight excluding hydrogens is 244 g/mol. The molecular formula is C15H22O4. The first-order valence-electron chi connectivity index (χ1n) is 6.57. The maximum absolute atomic E-state index is 12.4. The van der Waals surface area contributed by atoms with Crippen molar-refractivity contribution in [3.63, 3.8) is 0 Å².